The summed E-state index contributed by atoms with van der Waals surface area (Å²) in [5.74, 6) is -1.22. The average Bonchev–Trinajstić information content (AvgIpc) is 3.31. The standard InChI is InChI=1S/C27H29N3O4S/c31-26(30-34)25-14-22-11-10-21(13-24(22)35-25)16-28-15-19-6-8-20(9-7-19)17-29-23(27(32)33)12-18-4-2-1-3-5-18/h1-11,13,23,25,28-29,34H,12,14-17H2,(H,30,31)(H,32,33)/t23-,25?/m0/s1. The minimum absolute atomic E-state index is 0.282. The number of thioether (sulfide) groups is 1. The molecule has 0 bridgehead atoms. The van der Waals surface area contributed by atoms with Crippen LogP contribution in [0.4, 0.5) is 0 Å². The van der Waals surface area contributed by atoms with Crippen molar-refractivity contribution in [2.75, 3.05) is 0 Å². The van der Waals surface area contributed by atoms with Crippen molar-refractivity contribution in [1.29, 1.82) is 0 Å². The van der Waals surface area contributed by atoms with Crippen LogP contribution in [-0.4, -0.2) is 33.5 Å². The number of aliphatic carboxylic acids is 1. The van der Waals surface area contributed by atoms with Crippen molar-refractivity contribution < 1.29 is 19.9 Å². The smallest absolute Gasteiger partial charge is 0.321 e. The van der Waals surface area contributed by atoms with Gasteiger partial charge in [-0.2, -0.15) is 0 Å². The van der Waals surface area contributed by atoms with Crippen molar-refractivity contribution >= 4 is 23.6 Å². The molecule has 1 aliphatic heterocycles. The second-order valence-corrected chi connectivity index (χ2v) is 9.85. The fourth-order valence-electron chi connectivity index (χ4n) is 4.06. The van der Waals surface area contributed by atoms with Crippen LogP contribution < -0.4 is 16.1 Å². The van der Waals surface area contributed by atoms with Gasteiger partial charge in [0.15, 0.2) is 0 Å². The van der Waals surface area contributed by atoms with Crippen molar-refractivity contribution in [3.05, 3.63) is 101 Å². The van der Waals surface area contributed by atoms with E-state index in [0.717, 1.165) is 32.7 Å². The zero-order valence-corrected chi connectivity index (χ0v) is 20.1. The number of amides is 1. The van der Waals surface area contributed by atoms with Crippen LogP contribution in [0.25, 0.3) is 0 Å². The lowest BCUT2D eigenvalue weighted by atomic mass is 10.1. The summed E-state index contributed by atoms with van der Waals surface area (Å²) in [6.45, 7) is 1.90. The van der Waals surface area contributed by atoms with E-state index in [2.05, 4.69) is 22.8 Å². The lowest BCUT2D eigenvalue weighted by Gasteiger charge is -2.15. The van der Waals surface area contributed by atoms with Gasteiger partial charge in [-0.15, -0.1) is 11.8 Å². The molecular weight excluding hydrogens is 462 g/mol. The summed E-state index contributed by atoms with van der Waals surface area (Å²) in [6, 6.07) is 23.3. The Bertz CT molecular complexity index is 1150. The van der Waals surface area contributed by atoms with E-state index in [1.54, 1.807) is 5.48 Å². The molecule has 2 atom stereocenters. The fraction of sp³-hybridized carbons (Fsp3) is 0.259. The molecular formula is C27H29N3O4S. The van der Waals surface area contributed by atoms with Crippen molar-refractivity contribution in [1.82, 2.24) is 16.1 Å². The first-order valence-electron chi connectivity index (χ1n) is 11.5. The molecule has 0 fully saturated rings. The van der Waals surface area contributed by atoms with Gasteiger partial charge in [0.1, 0.15) is 6.04 Å². The first-order chi connectivity index (χ1) is 17.0. The quantitative estimate of drug-likeness (QED) is 0.207. The molecule has 7 nitrogen and oxygen atoms in total. The van der Waals surface area contributed by atoms with Gasteiger partial charge in [-0.1, -0.05) is 66.7 Å². The van der Waals surface area contributed by atoms with Crippen molar-refractivity contribution in [2.24, 2.45) is 0 Å². The third kappa shape index (κ3) is 6.93. The zero-order chi connectivity index (χ0) is 24.6. The first-order valence-corrected chi connectivity index (χ1v) is 12.4. The number of fused-ring (bicyclic) bond motifs is 1. The van der Waals surface area contributed by atoms with E-state index in [1.165, 1.54) is 11.8 Å². The van der Waals surface area contributed by atoms with Gasteiger partial charge in [0, 0.05) is 24.5 Å². The molecule has 0 aliphatic carbocycles. The molecule has 3 aromatic rings. The summed E-state index contributed by atoms with van der Waals surface area (Å²) in [7, 11) is 0. The summed E-state index contributed by atoms with van der Waals surface area (Å²) in [4.78, 5) is 24.4. The number of hydrogen-bond donors (Lipinski definition) is 5. The van der Waals surface area contributed by atoms with Gasteiger partial charge in [-0.05, 0) is 46.7 Å². The Morgan fingerprint density at radius 3 is 2.23 bits per heavy atom. The van der Waals surface area contributed by atoms with Gasteiger partial charge >= 0.3 is 5.97 Å². The van der Waals surface area contributed by atoms with Crippen LogP contribution in [0.1, 0.15) is 27.8 Å². The Hall–Kier alpha value is -3.17. The van der Waals surface area contributed by atoms with Crippen LogP contribution >= 0.6 is 11.8 Å². The minimum Gasteiger partial charge on any atom is -0.480 e. The molecule has 0 spiro atoms. The van der Waals surface area contributed by atoms with Crippen LogP contribution in [0.3, 0.4) is 0 Å². The minimum atomic E-state index is -0.855. The van der Waals surface area contributed by atoms with E-state index >= 15 is 0 Å². The number of hydrogen-bond acceptors (Lipinski definition) is 6. The number of carboxylic acid groups (broad SMARTS) is 1. The molecule has 1 amide bonds. The maximum absolute atomic E-state index is 11.7. The predicted molar refractivity (Wildman–Crippen MR) is 135 cm³/mol. The fourth-order valence-corrected chi connectivity index (χ4v) is 5.32. The SMILES string of the molecule is O=C(NO)C1Cc2ccc(CNCc3ccc(CN[C@@H](Cc4ccccc4)C(=O)O)cc3)cc2S1. The third-order valence-corrected chi connectivity index (χ3v) is 7.32. The molecule has 1 unspecified atom stereocenters. The highest BCUT2D eigenvalue weighted by Gasteiger charge is 2.28. The predicted octanol–water partition coefficient (Wildman–Crippen LogP) is 3.28. The van der Waals surface area contributed by atoms with Gasteiger partial charge in [0.2, 0.25) is 0 Å². The van der Waals surface area contributed by atoms with E-state index in [9.17, 15) is 14.7 Å². The molecule has 0 radical (unpaired) electrons. The first kappa shape index (κ1) is 24.9. The Morgan fingerprint density at radius 1 is 0.886 bits per heavy atom. The van der Waals surface area contributed by atoms with Crippen molar-refractivity contribution in [2.45, 2.75) is 48.7 Å². The number of rotatable bonds is 11. The van der Waals surface area contributed by atoms with Crippen molar-refractivity contribution in [3.8, 4) is 0 Å². The molecule has 182 valence electrons. The molecule has 0 saturated heterocycles. The Labute approximate surface area is 208 Å². The number of carboxylic acids is 1. The maximum Gasteiger partial charge on any atom is 0.321 e. The average molecular weight is 492 g/mol. The number of benzene rings is 3. The van der Waals surface area contributed by atoms with Gasteiger partial charge in [0.25, 0.3) is 5.91 Å². The van der Waals surface area contributed by atoms with E-state index in [0.29, 0.717) is 32.5 Å². The third-order valence-electron chi connectivity index (χ3n) is 6.02. The lowest BCUT2D eigenvalue weighted by molar-refractivity contribution is -0.139. The maximum atomic E-state index is 11.7. The van der Waals surface area contributed by atoms with Crippen LogP contribution in [0.2, 0.25) is 0 Å². The van der Waals surface area contributed by atoms with Gasteiger partial charge in [-0.3, -0.25) is 14.8 Å². The number of hydroxylamine groups is 1. The summed E-state index contributed by atoms with van der Waals surface area (Å²) < 4.78 is 0. The monoisotopic (exact) mass is 491 g/mol. The normalized spacial score (nSPS) is 15.4. The topological polar surface area (TPSA) is 111 Å². The largest absolute Gasteiger partial charge is 0.480 e. The number of carbonyl (C=O) groups excluding carboxylic acids is 1. The van der Waals surface area contributed by atoms with Gasteiger partial charge in [0.05, 0.1) is 5.25 Å². The van der Waals surface area contributed by atoms with Crippen LogP contribution in [0, 0.1) is 0 Å². The molecule has 35 heavy (non-hydrogen) atoms. The molecule has 0 aromatic heterocycles. The van der Waals surface area contributed by atoms with Crippen molar-refractivity contribution in [3.63, 3.8) is 0 Å². The lowest BCUT2D eigenvalue weighted by Crippen LogP contribution is -2.38. The van der Waals surface area contributed by atoms with Crippen LogP contribution in [0.15, 0.2) is 77.7 Å². The van der Waals surface area contributed by atoms with E-state index in [-0.39, 0.29) is 11.2 Å². The molecule has 5 N–H and O–H groups in total. The molecule has 3 aromatic carbocycles. The Kier molecular flexibility index (Phi) is 8.54. The van der Waals surface area contributed by atoms with E-state index < -0.39 is 12.0 Å². The Balaban J connectivity index is 1.23. The van der Waals surface area contributed by atoms with E-state index in [4.69, 9.17) is 5.21 Å². The highest BCUT2D eigenvalue weighted by molar-refractivity contribution is 8.01. The van der Waals surface area contributed by atoms with Gasteiger partial charge in [-0.25, -0.2) is 5.48 Å². The molecule has 1 heterocycles. The summed E-state index contributed by atoms with van der Waals surface area (Å²) >= 11 is 1.48. The second kappa shape index (κ2) is 12.0. The van der Waals surface area contributed by atoms with Gasteiger partial charge < -0.3 is 15.7 Å². The van der Waals surface area contributed by atoms with Crippen LogP contribution in [-0.2, 0) is 42.1 Å². The highest BCUT2D eigenvalue weighted by Crippen LogP contribution is 2.37. The molecule has 4 rings (SSSR count). The summed E-state index contributed by atoms with van der Waals surface area (Å²) in [5, 5.41) is 24.7. The molecule has 0 saturated carbocycles. The number of carbonyl (C=O) groups is 2. The molecule has 8 heteroatoms. The molecule has 1 aliphatic rings. The number of nitrogens with one attached hydrogen (secondary N) is 3. The summed E-state index contributed by atoms with van der Waals surface area (Å²) in [6.07, 6.45) is 1.06. The van der Waals surface area contributed by atoms with Crippen LogP contribution in [0.5, 0.6) is 0 Å². The zero-order valence-electron chi connectivity index (χ0n) is 19.2. The highest BCUT2D eigenvalue weighted by atomic mass is 32.2. The second-order valence-electron chi connectivity index (χ2n) is 8.61. The summed E-state index contributed by atoms with van der Waals surface area (Å²) in [5.41, 5.74) is 7.17. The van der Waals surface area contributed by atoms with E-state index in [1.807, 2.05) is 60.7 Å². The Morgan fingerprint density at radius 2 is 1.54 bits per heavy atom.